The maximum absolute atomic E-state index is 13.1. The van der Waals surface area contributed by atoms with Crippen molar-refractivity contribution in [2.45, 2.75) is 70.5 Å². The van der Waals surface area contributed by atoms with Gasteiger partial charge in [-0.1, -0.05) is 32.4 Å². The lowest BCUT2D eigenvalue weighted by atomic mass is 9.92. The van der Waals surface area contributed by atoms with E-state index in [1.165, 1.54) is 4.90 Å². The first-order valence-electron chi connectivity index (χ1n) is 12.2. The monoisotopic (exact) mass is 472 g/mol. The molecule has 1 aromatic rings. The van der Waals surface area contributed by atoms with Gasteiger partial charge >= 0.3 is 0 Å². The summed E-state index contributed by atoms with van der Waals surface area (Å²) in [6.45, 7) is 4.37. The fourth-order valence-electron chi connectivity index (χ4n) is 3.98. The summed E-state index contributed by atoms with van der Waals surface area (Å²) in [5.74, 6) is -0.947. The second-order valence-electron chi connectivity index (χ2n) is 9.24. The Morgan fingerprint density at radius 2 is 1.91 bits per heavy atom. The molecule has 0 aromatic heterocycles. The molecule has 3 N–H and O–H groups in total. The smallest absolute Gasteiger partial charge is 0.255 e. The minimum Gasteiger partial charge on any atom is -0.491 e. The van der Waals surface area contributed by atoms with Crippen molar-refractivity contribution in [2.24, 2.45) is 5.92 Å². The molecule has 3 atom stereocenters. The molecule has 0 bridgehead atoms. The van der Waals surface area contributed by atoms with Crippen molar-refractivity contribution in [1.29, 1.82) is 0 Å². The predicted octanol–water partition coefficient (Wildman–Crippen LogP) is 1.62. The van der Waals surface area contributed by atoms with E-state index in [2.05, 4.69) is 16.0 Å². The van der Waals surface area contributed by atoms with E-state index in [4.69, 9.17) is 4.74 Å². The lowest BCUT2D eigenvalue weighted by Crippen LogP contribution is -2.52. The van der Waals surface area contributed by atoms with Crippen LogP contribution in [-0.2, 0) is 14.4 Å². The highest BCUT2D eigenvalue weighted by Gasteiger charge is 2.31. The highest BCUT2D eigenvalue weighted by molar-refractivity contribution is 6.00. The van der Waals surface area contributed by atoms with Crippen LogP contribution in [0, 0.1) is 5.92 Å². The number of carbonyl (C=O) groups is 4. The number of rotatable bonds is 4. The first-order chi connectivity index (χ1) is 16.3. The standard InChI is InChI=1S/C25H36N4O5/c1-4-16(2)22-25(33)29(3)14-15-34-20-11-6-5-10-18(20)23(31)27-19(12-13-21(30)28-22)24(32)26-17-8-7-9-17/h5-6,10-11,16-17,19,22H,4,7-9,12-15H2,1-3H3,(H,26,32)(H,27,31)(H,28,30)/t16-,19-,22-/m0/s1. The zero-order chi connectivity index (χ0) is 24.7. The summed E-state index contributed by atoms with van der Waals surface area (Å²) in [7, 11) is 1.67. The fourth-order valence-corrected chi connectivity index (χ4v) is 3.98. The van der Waals surface area contributed by atoms with E-state index in [1.54, 1.807) is 31.3 Å². The lowest BCUT2D eigenvalue weighted by molar-refractivity contribution is -0.137. The molecular weight excluding hydrogens is 436 g/mol. The Morgan fingerprint density at radius 3 is 2.59 bits per heavy atom. The number of likely N-dealkylation sites (N-methyl/N-ethyl adjacent to an activating group) is 1. The lowest BCUT2D eigenvalue weighted by Gasteiger charge is -2.29. The number of ether oxygens (including phenoxy) is 1. The van der Waals surface area contributed by atoms with E-state index in [0.29, 0.717) is 17.9 Å². The molecule has 0 spiro atoms. The van der Waals surface area contributed by atoms with Gasteiger partial charge in [-0.2, -0.15) is 0 Å². The molecule has 0 unspecified atom stereocenters. The molecule has 9 nitrogen and oxygen atoms in total. The van der Waals surface area contributed by atoms with Crippen LogP contribution in [0.2, 0.25) is 0 Å². The molecule has 1 aromatic carbocycles. The van der Waals surface area contributed by atoms with Crippen molar-refractivity contribution < 1.29 is 23.9 Å². The van der Waals surface area contributed by atoms with Gasteiger partial charge in [0.1, 0.15) is 24.4 Å². The first kappa shape index (κ1) is 25.5. The number of amides is 4. The third-order valence-corrected chi connectivity index (χ3v) is 6.72. The summed E-state index contributed by atoms with van der Waals surface area (Å²) in [6.07, 6.45) is 3.73. The summed E-state index contributed by atoms with van der Waals surface area (Å²) in [6, 6.07) is 5.36. The normalized spacial score (nSPS) is 23.7. The Morgan fingerprint density at radius 1 is 1.18 bits per heavy atom. The Hall–Kier alpha value is -3.10. The molecule has 0 saturated heterocycles. The SMILES string of the molecule is CC[C@H](C)[C@@H]1NC(=O)CC[C@@H](C(=O)NC2CCC2)NC(=O)c2ccccc2OCCN(C)C1=O. The molecule has 1 aliphatic heterocycles. The molecule has 0 radical (unpaired) electrons. The maximum atomic E-state index is 13.1. The average Bonchev–Trinajstić information content (AvgIpc) is 2.81. The molecule has 1 heterocycles. The molecular formula is C25H36N4O5. The van der Waals surface area contributed by atoms with Crippen LogP contribution < -0.4 is 20.7 Å². The number of hydrogen-bond donors (Lipinski definition) is 3. The highest BCUT2D eigenvalue weighted by atomic mass is 16.5. The molecule has 34 heavy (non-hydrogen) atoms. The minimum atomic E-state index is -0.877. The van der Waals surface area contributed by atoms with E-state index in [1.807, 2.05) is 13.8 Å². The van der Waals surface area contributed by atoms with Crippen molar-refractivity contribution in [3.05, 3.63) is 29.8 Å². The van der Waals surface area contributed by atoms with E-state index in [0.717, 1.165) is 25.7 Å². The summed E-state index contributed by atoms with van der Waals surface area (Å²) < 4.78 is 5.84. The van der Waals surface area contributed by atoms with Gasteiger partial charge in [-0.15, -0.1) is 0 Å². The van der Waals surface area contributed by atoms with Crippen LogP contribution in [0.1, 0.15) is 62.7 Å². The van der Waals surface area contributed by atoms with Crippen molar-refractivity contribution in [3.63, 3.8) is 0 Å². The van der Waals surface area contributed by atoms with Gasteiger partial charge in [0.2, 0.25) is 17.7 Å². The average molecular weight is 473 g/mol. The predicted molar refractivity (Wildman–Crippen MR) is 127 cm³/mol. The highest BCUT2D eigenvalue weighted by Crippen LogP contribution is 2.20. The number of carbonyl (C=O) groups excluding carboxylic acids is 4. The fraction of sp³-hybridized carbons (Fsp3) is 0.600. The maximum Gasteiger partial charge on any atom is 0.255 e. The van der Waals surface area contributed by atoms with Gasteiger partial charge in [0.05, 0.1) is 12.1 Å². The van der Waals surface area contributed by atoms with Crippen molar-refractivity contribution in [1.82, 2.24) is 20.9 Å². The van der Waals surface area contributed by atoms with E-state index in [9.17, 15) is 19.2 Å². The summed E-state index contributed by atoms with van der Waals surface area (Å²) >= 11 is 0. The molecule has 186 valence electrons. The van der Waals surface area contributed by atoms with Crippen LogP contribution in [-0.4, -0.2) is 66.9 Å². The van der Waals surface area contributed by atoms with Crippen LogP contribution in [0.15, 0.2) is 24.3 Å². The number of nitrogens with zero attached hydrogens (tertiary/aromatic N) is 1. The Bertz CT molecular complexity index is 901. The van der Waals surface area contributed by atoms with Gasteiger partial charge in [0, 0.05) is 19.5 Å². The van der Waals surface area contributed by atoms with Crippen molar-refractivity contribution >= 4 is 23.6 Å². The third-order valence-electron chi connectivity index (χ3n) is 6.72. The molecule has 3 rings (SSSR count). The van der Waals surface area contributed by atoms with Crippen LogP contribution in [0.3, 0.4) is 0 Å². The van der Waals surface area contributed by atoms with Gasteiger partial charge in [-0.05, 0) is 43.7 Å². The molecule has 1 fully saturated rings. The summed E-state index contributed by atoms with van der Waals surface area (Å²) in [4.78, 5) is 53.4. The van der Waals surface area contributed by atoms with Gasteiger partial charge in [0.15, 0.2) is 0 Å². The zero-order valence-electron chi connectivity index (χ0n) is 20.3. The van der Waals surface area contributed by atoms with Crippen LogP contribution in [0.4, 0.5) is 0 Å². The topological polar surface area (TPSA) is 117 Å². The second-order valence-corrected chi connectivity index (χ2v) is 9.24. The Kier molecular flexibility index (Phi) is 8.90. The van der Waals surface area contributed by atoms with Gasteiger partial charge in [-0.25, -0.2) is 0 Å². The second kappa shape index (κ2) is 11.9. The van der Waals surface area contributed by atoms with E-state index >= 15 is 0 Å². The van der Waals surface area contributed by atoms with E-state index < -0.39 is 18.0 Å². The summed E-state index contributed by atoms with van der Waals surface area (Å²) in [5.41, 5.74) is 0.301. The molecule has 1 aliphatic carbocycles. The Labute approximate surface area is 201 Å². The van der Waals surface area contributed by atoms with Crippen LogP contribution in [0.5, 0.6) is 5.75 Å². The molecule has 2 aliphatic rings. The van der Waals surface area contributed by atoms with Crippen molar-refractivity contribution in [3.8, 4) is 5.75 Å². The Balaban J connectivity index is 1.85. The zero-order valence-corrected chi connectivity index (χ0v) is 20.3. The van der Waals surface area contributed by atoms with Crippen LogP contribution in [0.25, 0.3) is 0 Å². The largest absolute Gasteiger partial charge is 0.491 e. The number of hydrogen-bond acceptors (Lipinski definition) is 5. The van der Waals surface area contributed by atoms with Gasteiger partial charge in [-0.3, -0.25) is 19.2 Å². The molecule has 9 heteroatoms. The number of para-hydroxylation sites is 1. The number of benzene rings is 1. The van der Waals surface area contributed by atoms with Crippen molar-refractivity contribution in [2.75, 3.05) is 20.2 Å². The van der Waals surface area contributed by atoms with Gasteiger partial charge < -0.3 is 25.6 Å². The van der Waals surface area contributed by atoms with E-state index in [-0.39, 0.29) is 49.1 Å². The van der Waals surface area contributed by atoms with Crippen LogP contribution >= 0.6 is 0 Å². The minimum absolute atomic E-state index is 0.00507. The number of fused-ring (bicyclic) bond motifs is 1. The van der Waals surface area contributed by atoms with Gasteiger partial charge in [0.25, 0.3) is 5.91 Å². The molecule has 1 saturated carbocycles. The number of nitrogens with one attached hydrogen (secondary N) is 3. The quantitative estimate of drug-likeness (QED) is 0.616. The third kappa shape index (κ3) is 6.48. The summed E-state index contributed by atoms with van der Waals surface area (Å²) in [5, 5.41) is 8.61. The first-order valence-corrected chi connectivity index (χ1v) is 12.2. The molecule has 4 amide bonds.